The van der Waals surface area contributed by atoms with E-state index in [9.17, 15) is 18.8 Å². The molecule has 1 aliphatic heterocycles. The van der Waals surface area contributed by atoms with Gasteiger partial charge in [-0.05, 0) is 31.0 Å². The molecule has 1 aliphatic rings. The van der Waals surface area contributed by atoms with Crippen LogP contribution in [0.4, 0.5) is 9.18 Å². The quantitative estimate of drug-likeness (QED) is 0.380. The number of urea groups is 1. The summed E-state index contributed by atoms with van der Waals surface area (Å²) in [5.41, 5.74) is 0.906. The Morgan fingerprint density at radius 3 is 2.39 bits per heavy atom. The molecule has 0 bridgehead atoms. The molecule has 1 heterocycles. The molecule has 0 radical (unpaired) electrons. The third-order valence-corrected chi connectivity index (χ3v) is 5.67. The maximum absolute atomic E-state index is 13.2. The molecule has 0 atom stereocenters. The number of hydrogen-bond acceptors (Lipinski definition) is 5. The van der Waals surface area contributed by atoms with Crippen molar-refractivity contribution in [2.45, 2.75) is 46.1 Å². The van der Waals surface area contributed by atoms with Crippen molar-refractivity contribution in [1.29, 1.82) is 0 Å². The van der Waals surface area contributed by atoms with Gasteiger partial charge in [-0.3, -0.25) is 14.5 Å². The molecule has 9 heteroatoms. The van der Waals surface area contributed by atoms with E-state index in [0.717, 1.165) is 24.8 Å². The molecule has 33 heavy (non-hydrogen) atoms. The number of halogens is 1. The highest BCUT2D eigenvalue weighted by Gasteiger charge is 2.22. The van der Waals surface area contributed by atoms with Crippen molar-refractivity contribution in [3.05, 3.63) is 35.6 Å². The zero-order chi connectivity index (χ0) is 24.1. The van der Waals surface area contributed by atoms with Gasteiger partial charge in [0.2, 0.25) is 5.91 Å². The van der Waals surface area contributed by atoms with E-state index in [-0.39, 0.29) is 30.9 Å². The van der Waals surface area contributed by atoms with E-state index in [0.29, 0.717) is 52.2 Å². The highest BCUT2D eigenvalue weighted by Crippen LogP contribution is 2.11. The Morgan fingerprint density at radius 2 is 1.76 bits per heavy atom. The summed E-state index contributed by atoms with van der Waals surface area (Å²) in [6, 6.07) is 6.00. The minimum absolute atomic E-state index is 0.116. The molecule has 1 saturated heterocycles. The van der Waals surface area contributed by atoms with Crippen molar-refractivity contribution < 1.29 is 23.5 Å². The lowest BCUT2D eigenvalue weighted by molar-refractivity contribution is -0.141. The number of rotatable bonds is 12. The first-order valence-electron chi connectivity index (χ1n) is 11.9. The average molecular weight is 465 g/mol. The van der Waals surface area contributed by atoms with Crippen molar-refractivity contribution in [3.63, 3.8) is 0 Å². The number of esters is 1. The van der Waals surface area contributed by atoms with E-state index < -0.39 is 5.97 Å². The van der Waals surface area contributed by atoms with E-state index in [1.54, 1.807) is 24.0 Å². The lowest BCUT2D eigenvalue weighted by Gasteiger charge is -2.35. The fourth-order valence-corrected chi connectivity index (χ4v) is 3.69. The van der Waals surface area contributed by atoms with E-state index in [1.807, 2.05) is 4.90 Å². The highest BCUT2D eigenvalue weighted by molar-refractivity contribution is 5.80. The second-order valence-electron chi connectivity index (χ2n) is 8.19. The number of carbonyl (C=O) groups is 3. The van der Waals surface area contributed by atoms with Crippen molar-refractivity contribution in [3.8, 4) is 0 Å². The summed E-state index contributed by atoms with van der Waals surface area (Å²) < 4.78 is 18.1. The van der Waals surface area contributed by atoms with Gasteiger partial charge in [0.15, 0.2) is 0 Å². The molecule has 0 aromatic heterocycles. The van der Waals surface area contributed by atoms with Gasteiger partial charge in [0.25, 0.3) is 0 Å². The van der Waals surface area contributed by atoms with Crippen LogP contribution in [-0.4, -0.2) is 85.0 Å². The van der Waals surface area contributed by atoms with E-state index in [1.165, 1.54) is 12.1 Å². The molecule has 184 valence electrons. The largest absolute Gasteiger partial charge is 0.465 e. The lowest BCUT2D eigenvalue weighted by Crippen LogP contribution is -2.53. The van der Waals surface area contributed by atoms with Crippen LogP contribution in [0.25, 0.3) is 0 Å². The third kappa shape index (κ3) is 9.77. The fourth-order valence-electron chi connectivity index (χ4n) is 3.69. The van der Waals surface area contributed by atoms with Crippen molar-refractivity contribution in [2.75, 3.05) is 52.4 Å². The SMILES string of the molecule is CCCCCC(=O)N(CCN1CCN(C(=O)NCC(=O)OCC)CC1)Cc1ccc(F)cc1. The standard InChI is InChI=1S/C24H37FN4O4/c1-3-5-6-7-22(30)29(19-20-8-10-21(25)11-9-20)17-14-27-12-15-28(16-13-27)24(32)26-18-23(31)33-4-2/h8-11H,3-7,12-19H2,1-2H3,(H,26,32). The van der Waals surface area contributed by atoms with Crippen molar-refractivity contribution >= 4 is 17.9 Å². The van der Waals surface area contributed by atoms with Gasteiger partial charge in [-0.25, -0.2) is 9.18 Å². The molecule has 1 aromatic carbocycles. The molecule has 8 nitrogen and oxygen atoms in total. The molecule has 1 aromatic rings. The molecule has 2 rings (SSSR count). The van der Waals surface area contributed by atoms with Crippen LogP contribution in [0.5, 0.6) is 0 Å². The fraction of sp³-hybridized carbons (Fsp3) is 0.625. The average Bonchev–Trinajstić information content (AvgIpc) is 2.82. The Labute approximate surface area is 196 Å². The monoisotopic (exact) mass is 464 g/mol. The topological polar surface area (TPSA) is 82.2 Å². The van der Waals surface area contributed by atoms with Crippen LogP contribution in [0.1, 0.15) is 45.1 Å². The number of benzene rings is 1. The van der Waals surface area contributed by atoms with Gasteiger partial charge in [-0.2, -0.15) is 0 Å². The molecule has 3 amide bonds. The van der Waals surface area contributed by atoms with Crippen LogP contribution < -0.4 is 5.32 Å². The van der Waals surface area contributed by atoms with Crippen molar-refractivity contribution in [2.24, 2.45) is 0 Å². The summed E-state index contributed by atoms with van der Waals surface area (Å²) >= 11 is 0. The van der Waals surface area contributed by atoms with Gasteiger partial charge in [-0.15, -0.1) is 0 Å². The minimum atomic E-state index is -0.450. The second kappa shape index (κ2) is 14.5. The van der Waals surface area contributed by atoms with Gasteiger partial charge in [-0.1, -0.05) is 31.9 Å². The van der Waals surface area contributed by atoms with Gasteiger partial charge < -0.3 is 19.9 Å². The van der Waals surface area contributed by atoms with E-state index in [4.69, 9.17) is 4.74 Å². The van der Waals surface area contributed by atoms with Crippen molar-refractivity contribution in [1.82, 2.24) is 20.0 Å². The number of carbonyl (C=O) groups excluding carboxylic acids is 3. The second-order valence-corrected chi connectivity index (χ2v) is 8.19. The van der Waals surface area contributed by atoms with Crippen LogP contribution in [0, 0.1) is 5.82 Å². The van der Waals surface area contributed by atoms with Gasteiger partial charge in [0.1, 0.15) is 12.4 Å². The normalized spacial score (nSPS) is 14.1. The molecule has 0 saturated carbocycles. The molecule has 0 unspecified atom stereocenters. The Balaban J connectivity index is 1.81. The van der Waals surface area contributed by atoms with Gasteiger partial charge in [0, 0.05) is 52.2 Å². The predicted octanol–water partition coefficient (Wildman–Crippen LogP) is 2.62. The van der Waals surface area contributed by atoms with E-state index >= 15 is 0 Å². The molecule has 0 spiro atoms. The van der Waals surface area contributed by atoms with E-state index in [2.05, 4.69) is 17.1 Å². The summed E-state index contributed by atoms with van der Waals surface area (Å²) in [7, 11) is 0. The molecular weight excluding hydrogens is 427 g/mol. The Bertz CT molecular complexity index is 751. The van der Waals surface area contributed by atoms with Crippen LogP contribution in [0.2, 0.25) is 0 Å². The molecule has 1 N–H and O–H groups in total. The van der Waals surface area contributed by atoms with Gasteiger partial charge in [0.05, 0.1) is 6.61 Å². The number of amides is 3. The number of hydrogen-bond donors (Lipinski definition) is 1. The third-order valence-electron chi connectivity index (χ3n) is 5.67. The first-order chi connectivity index (χ1) is 15.9. The lowest BCUT2D eigenvalue weighted by atomic mass is 10.1. The zero-order valence-corrected chi connectivity index (χ0v) is 19.9. The molecule has 1 fully saturated rings. The number of unbranched alkanes of at least 4 members (excludes halogenated alkanes) is 2. The number of nitrogens with one attached hydrogen (secondary N) is 1. The summed E-state index contributed by atoms with van der Waals surface area (Å²) in [5, 5.41) is 2.59. The highest BCUT2D eigenvalue weighted by atomic mass is 19.1. The summed E-state index contributed by atoms with van der Waals surface area (Å²) in [5.74, 6) is -0.622. The number of nitrogens with zero attached hydrogens (tertiary/aromatic N) is 3. The predicted molar refractivity (Wildman–Crippen MR) is 124 cm³/mol. The Kier molecular flexibility index (Phi) is 11.6. The van der Waals surface area contributed by atoms with Gasteiger partial charge >= 0.3 is 12.0 Å². The summed E-state index contributed by atoms with van der Waals surface area (Å²) in [6.45, 7) is 8.22. The minimum Gasteiger partial charge on any atom is -0.465 e. The molecular formula is C24H37FN4O4. The first kappa shape index (κ1) is 26.6. The molecule has 0 aliphatic carbocycles. The zero-order valence-electron chi connectivity index (χ0n) is 19.9. The smallest absolute Gasteiger partial charge is 0.325 e. The Hall–Kier alpha value is -2.68. The maximum Gasteiger partial charge on any atom is 0.325 e. The summed E-state index contributed by atoms with van der Waals surface area (Å²) in [6.07, 6.45) is 3.47. The number of ether oxygens (including phenoxy) is 1. The summed E-state index contributed by atoms with van der Waals surface area (Å²) in [4.78, 5) is 42.2. The van der Waals surface area contributed by atoms with Crippen LogP contribution >= 0.6 is 0 Å². The maximum atomic E-state index is 13.2. The van der Waals surface area contributed by atoms with Crippen LogP contribution in [-0.2, 0) is 20.9 Å². The number of piperazine rings is 1. The van der Waals surface area contributed by atoms with Crippen LogP contribution in [0.15, 0.2) is 24.3 Å². The Morgan fingerprint density at radius 1 is 1.06 bits per heavy atom. The first-order valence-corrected chi connectivity index (χ1v) is 11.9. The van der Waals surface area contributed by atoms with Crippen LogP contribution in [0.3, 0.4) is 0 Å².